The predicted molar refractivity (Wildman–Crippen MR) is 115 cm³/mol. The Balaban J connectivity index is 2.02. The quantitative estimate of drug-likeness (QED) is 0.220. The van der Waals surface area contributed by atoms with E-state index in [1.807, 2.05) is 0 Å². The minimum Gasteiger partial charge on any atom is -0.459 e. The molecule has 0 amide bonds. The van der Waals surface area contributed by atoms with Crippen LogP contribution in [0.15, 0.2) is 53.2 Å². The van der Waals surface area contributed by atoms with Crippen LogP contribution in [0, 0.1) is 11.6 Å². The monoisotopic (exact) mass is 511 g/mol. The van der Waals surface area contributed by atoms with E-state index in [1.165, 1.54) is 38.1 Å². The predicted octanol–water partition coefficient (Wildman–Crippen LogP) is 6.71. The lowest BCUT2D eigenvalue weighted by molar-refractivity contribution is -0.142. The maximum atomic E-state index is 14.6. The van der Waals surface area contributed by atoms with E-state index in [4.69, 9.17) is 20.9 Å². The van der Waals surface area contributed by atoms with Crippen LogP contribution in [0.2, 0.25) is 5.02 Å². The molecular formula is C23H15ClF5N3O3. The molecule has 0 aliphatic heterocycles. The molecule has 2 aromatic heterocycles. The van der Waals surface area contributed by atoms with Gasteiger partial charge in [-0.2, -0.15) is 18.3 Å². The smallest absolute Gasteiger partial charge is 0.434 e. The number of hydrogen-bond donors (Lipinski definition) is 0. The summed E-state index contributed by atoms with van der Waals surface area (Å²) in [5.74, 6) is -3.69. The molecule has 35 heavy (non-hydrogen) atoms. The van der Waals surface area contributed by atoms with Crippen LogP contribution in [0.4, 0.5) is 22.0 Å². The normalized spacial score (nSPS) is 11.8. The summed E-state index contributed by atoms with van der Waals surface area (Å²) in [6.45, 7) is 3.02. The molecule has 0 aliphatic rings. The fraction of sp³-hybridized carbons (Fsp3) is 0.174. The molecule has 6 nitrogen and oxygen atoms in total. The number of rotatable bonds is 5. The topological polar surface area (TPSA) is 70.2 Å². The molecule has 0 unspecified atom stereocenters. The summed E-state index contributed by atoms with van der Waals surface area (Å²) in [5, 5.41) is 7.18. The van der Waals surface area contributed by atoms with Crippen molar-refractivity contribution < 1.29 is 36.0 Å². The van der Waals surface area contributed by atoms with Crippen molar-refractivity contribution in [2.45, 2.75) is 26.1 Å². The van der Waals surface area contributed by atoms with Crippen molar-refractivity contribution in [2.75, 3.05) is 0 Å². The Morgan fingerprint density at radius 1 is 1.09 bits per heavy atom. The minimum atomic E-state index is -5.07. The Bertz CT molecular complexity index is 1390. The first-order chi connectivity index (χ1) is 16.5. The average molecular weight is 512 g/mol. The van der Waals surface area contributed by atoms with Crippen LogP contribution >= 0.6 is 11.6 Å². The molecule has 12 heteroatoms. The lowest BCUT2D eigenvalue weighted by Gasteiger charge is -2.13. The second-order valence-corrected chi connectivity index (χ2v) is 7.96. The molecule has 0 saturated carbocycles. The van der Waals surface area contributed by atoms with E-state index in [0.717, 1.165) is 24.4 Å². The zero-order chi connectivity index (χ0) is 25.5. The maximum absolute atomic E-state index is 14.6. The molecule has 0 bridgehead atoms. The number of aromatic nitrogens is 3. The number of para-hydroxylation sites is 1. The maximum Gasteiger partial charge on any atom is 0.434 e. The Labute approximate surface area is 199 Å². The number of benzene rings is 2. The highest BCUT2D eigenvalue weighted by Crippen LogP contribution is 2.43. The van der Waals surface area contributed by atoms with E-state index < -0.39 is 63.8 Å². The van der Waals surface area contributed by atoms with Crippen molar-refractivity contribution in [1.29, 1.82) is 0 Å². The lowest BCUT2D eigenvalue weighted by Crippen LogP contribution is -2.16. The van der Waals surface area contributed by atoms with E-state index in [9.17, 15) is 26.7 Å². The Hall–Kier alpha value is -3.73. The third kappa shape index (κ3) is 4.51. The largest absolute Gasteiger partial charge is 0.459 e. The molecule has 0 spiro atoms. The van der Waals surface area contributed by atoms with Gasteiger partial charge in [-0.1, -0.05) is 35.0 Å². The number of carbonyl (C=O) groups excluding carboxylic acids is 1. The number of ether oxygens (including phenoxy) is 1. The van der Waals surface area contributed by atoms with Crippen molar-refractivity contribution >= 4 is 17.6 Å². The molecule has 0 N–H and O–H groups in total. The molecule has 2 heterocycles. The van der Waals surface area contributed by atoms with Gasteiger partial charge in [0.2, 0.25) is 0 Å². The average Bonchev–Trinajstić information content (AvgIpc) is 3.38. The van der Waals surface area contributed by atoms with E-state index in [1.54, 1.807) is 0 Å². The van der Waals surface area contributed by atoms with Gasteiger partial charge in [-0.15, -0.1) is 0 Å². The summed E-state index contributed by atoms with van der Waals surface area (Å²) >= 11 is 6.10. The van der Waals surface area contributed by atoms with Crippen molar-refractivity contribution in [2.24, 2.45) is 0 Å². The Morgan fingerprint density at radius 3 is 2.40 bits per heavy atom. The van der Waals surface area contributed by atoms with Gasteiger partial charge in [-0.3, -0.25) is 0 Å². The van der Waals surface area contributed by atoms with E-state index in [0.29, 0.717) is 4.68 Å². The van der Waals surface area contributed by atoms with Gasteiger partial charge >= 0.3 is 12.1 Å². The van der Waals surface area contributed by atoms with Crippen molar-refractivity contribution in [3.05, 3.63) is 76.6 Å². The van der Waals surface area contributed by atoms with E-state index in [2.05, 4.69) is 10.3 Å². The molecule has 0 aliphatic carbocycles. The van der Waals surface area contributed by atoms with Crippen LogP contribution in [0.5, 0.6) is 0 Å². The molecule has 0 radical (unpaired) electrons. The number of alkyl halides is 3. The minimum absolute atomic E-state index is 0.165. The Kier molecular flexibility index (Phi) is 6.37. The summed E-state index contributed by atoms with van der Waals surface area (Å²) in [7, 11) is 0. The fourth-order valence-corrected chi connectivity index (χ4v) is 3.68. The lowest BCUT2D eigenvalue weighted by atomic mass is 10.0. The number of halogens is 6. The van der Waals surface area contributed by atoms with Gasteiger partial charge in [-0.25, -0.2) is 18.3 Å². The van der Waals surface area contributed by atoms with Crippen LogP contribution in [0.1, 0.15) is 29.9 Å². The highest BCUT2D eigenvalue weighted by Gasteiger charge is 2.42. The van der Waals surface area contributed by atoms with Gasteiger partial charge < -0.3 is 9.26 Å². The van der Waals surface area contributed by atoms with Crippen LogP contribution < -0.4 is 0 Å². The second-order valence-electron chi connectivity index (χ2n) is 7.55. The molecular weight excluding hydrogens is 497 g/mol. The second kappa shape index (κ2) is 9.14. The summed E-state index contributed by atoms with van der Waals surface area (Å²) in [4.78, 5) is 13.0. The zero-order valence-electron chi connectivity index (χ0n) is 18.0. The van der Waals surface area contributed by atoms with Gasteiger partial charge in [0.25, 0.3) is 0 Å². The van der Waals surface area contributed by atoms with Crippen LogP contribution in [0.3, 0.4) is 0 Å². The first kappa shape index (κ1) is 24.4. The SMILES string of the molecule is CC(C)OC(=O)c1c(-c2c(F)cccc2Cl)noc1-c1cnn(-c2ccccc2F)c1C(F)(F)F. The Morgan fingerprint density at radius 2 is 1.77 bits per heavy atom. The highest BCUT2D eigenvalue weighted by atomic mass is 35.5. The number of carbonyl (C=O) groups is 1. The van der Waals surface area contributed by atoms with E-state index in [-0.39, 0.29) is 10.6 Å². The standard InChI is InChI=1S/C23H15ClF5N3O3/c1-11(2)34-22(33)18-19(17-13(24)6-5-8-15(17)26)31-35-20(18)12-10-30-32(21(12)23(27,28)29)16-9-4-3-7-14(16)25/h3-11H,1-2H3. The summed E-state index contributed by atoms with van der Waals surface area (Å²) in [5.41, 5.74) is -4.08. The van der Waals surface area contributed by atoms with Crippen molar-refractivity contribution in [1.82, 2.24) is 14.9 Å². The van der Waals surface area contributed by atoms with Gasteiger partial charge in [0, 0.05) is 0 Å². The molecule has 4 aromatic rings. The fourth-order valence-electron chi connectivity index (χ4n) is 3.42. The van der Waals surface area contributed by atoms with Gasteiger partial charge in [0.15, 0.2) is 11.5 Å². The van der Waals surface area contributed by atoms with Gasteiger partial charge in [0.1, 0.15) is 28.6 Å². The van der Waals surface area contributed by atoms with Crippen LogP contribution in [-0.4, -0.2) is 27.0 Å². The third-order valence-corrected chi connectivity index (χ3v) is 5.12. The first-order valence-electron chi connectivity index (χ1n) is 10.1. The first-order valence-corrected chi connectivity index (χ1v) is 10.4. The van der Waals surface area contributed by atoms with Gasteiger partial charge in [0.05, 0.1) is 28.5 Å². The van der Waals surface area contributed by atoms with Crippen LogP contribution in [-0.2, 0) is 10.9 Å². The molecule has 4 rings (SSSR count). The molecule has 2 aromatic carbocycles. The highest BCUT2D eigenvalue weighted by molar-refractivity contribution is 6.33. The van der Waals surface area contributed by atoms with E-state index >= 15 is 0 Å². The summed E-state index contributed by atoms with van der Waals surface area (Å²) in [6.07, 6.45) is -5.01. The zero-order valence-corrected chi connectivity index (χ0v) is 18.8. The van der Waals surface area contributed by atoms with Crippen LogP contribution in [0.25, 0.3) is 28.3 Å². The molecule has 0 atom stereocenters. The summed E-state index contributed by atoms with van der Waals surface area (Å²) in [6, 6.07) is 8.34. The molecule has 0 fully saturated rings. The number of hydrogen-bond acceptors (Lipinski definition) is 5. The number of esters is 1. The molecule has 0 saturated heterocycles. The van der Waals surface area contributed by atoms with Crippen molar-refractivity contribution in [3.63, 3.8) is 0 Å². The third-order valence-electron chi connectivity index (χ3n) is 4.80. The van der Waals surface area contributed by atoms with Gasteiger partial charge in [-0.05, 0) is 38.1 Å². The number of nitrogens with zero attached hydrogens (tertiary/aromatic N) is 3. The van der Waals surface area contributed by atoms with Crippen molar-refractivity contribution in [3.8, 4) is 28.3 Å². The summed E-state index contributed by atoms with van der Waals surface area (Å²) < 4.78 is 82.2. The molecule has 182 valence electrons.